The average molecular weight is 415 g/mol. The van der Waals surface area contributed by atoms with E-state index in [0.29, 0.717) is 22.0 Å². The highest BCUT2D eigenvalue weighted by molar-refractivity contribution is 7.19. The van der Waals surface area contributed by atoms with Crippen molar-refractivity contribution in [2.24, 2.45) is 0 Å². The van der Waals surface area contributed by atoms with E-state index >= 15 is 0 Å². The van der Waals surface area contributed by atoms with Crippen LogP contribution in [0.3, 0.4) is 0 Å². The predicted octanol–water partition coefficient (Wildman–Crippen LogP) is 6.10. The van der Waals surface area contributed by atoms with Crippen molar-refractivity contribution in [1.29, 1.82) is 0 Å². The Balaban J connectivity index is 1.86. The van der Waals surface area contributed by atoms with Crippen molar-refractivity contribution in [3.05, 3.63) is 85.2 Å². The molecule has 27 heavy (non-hydrogen) atoms. The van der Waals surface area contributed by atoms with Gasteiger partial charge < -0.3 is 0 Å². The molecule has 4 aromatic rings. The van der Waals surface area contributed by atoms with Crippen molar-refractivity contribution in [2.75, 3.05) is 0 Å². The highest BCUT2D eigenvalue weighted by Gasteiger charge is 2.17. The van der Waals surface area contributed by atoms with Crippen molar-refractivity contribution >= 4 is 44.8 Å². The molecule has 0 saturated carbocycles. The summed E-state index contributed by atoms with van der Waals surface area (Å²) in [6, 6.07) is 13.6. The summed E-state index contributed by atoms with van der Waals surface area (Å²) < 4.78 is 1.62. The maximum Gasteiger partial charge on any atom is 0.263 e. The number of aryl methyl sites for hydroxylation is 2. The number of nitrogens with zero attached hydrogens (tertiary/aromatic N) is 2. The average Bonchev–Trinajstić information content (AvgIpc) is 2.98. The molecule has 0 unspecified atom stereocenters. The minimum atomic E-state index is -0.0500. The second-order valence-corrected chi connectivity index (χ2v) is 8.52. The summed E-state index contributed by atoms with van der Waals surface area (Å²) in [7, 11) is 0. The van der Waals surface area contributed by atoms with Gasteiger partial charge in [-0.25, -0.2) is 4.98 Å². The fourth-order valence-corrected chi connectivity index (χ4v) is 4.48. The van der Waals surface area contributed by atoms with Gasteiger partial charge >= 0.3 is 0 Å². The van der Waals surface area contributed by atoms with Crippen LogP contribution in [-0.4, -0.2) is 9.55 Å². The molecular weight excluding hydrogens is 399 g/mol. The van der Waals surface area contributed by atoms with Crippen LogP contribution in [-0.2, 0) is 6.54 Å². The molecule has 0 spiro atoms. The second kappa shape index (κ2) is 7.12. The summed E-state index contributed by atoms with van der Waals surface area (Å²) >= 11 is 13.6. The molecule has 6 heteroatoms. The van der Waals surface area contributed by atoms with Gasteiger partial charge in [0, 0.05) is 10.4 Å². The normalized spacial score (nSPS) is 11.3. The van der Waals surface area contributed by atoms with Crippen LogP contribution in [0.15, 0.2) is 53.6 Å². The van der Waals surface area contributed by atoms with Crippen molar-refractivity contribution in [3.8, 4) is 11.1 Å². The van der Waals surface area contributed by atoms with Gasteiger partial charge in [0.25, 0.3) is 5.56 Å². The minimum absolute atomic E-state index is 0.0500. The lowest BCUT2D eigenvalue weighted by atomic mass is 10.0. The molecular formula is C21H16Cl2N2OS. The van der Waals surface area contributed by atoms with Crippen LogP contribution in [0.2, 0.25) is 10.0 Å². The molecule has 136 valence electrons. The molecule has 3 nitrogen and oxygen atoms in total. The Morgan fingerprint density at radius 3 is 2.48 bits per heavy atom. The second-order valence-electron chi connectivity index (χ2n) is 6.51. The van der Waals surface area contributed by atoms with E-state index in [1.807, 2.05) is 19.9 Å². The Kier molecular flexibility index (Phi) is 4.81. The molecule has 0 amide bonds. The van der Waals surface area contributed by atoms with E-state index in [1.54, 1.807) is 34.4 Å². The zero-order valence-corrected chi connectivity index (χ0v) is 17.1. The molecule has 0 aliphatic heterocycles. The third kappa shape index (κ3) is 3.41. The molecule has 0 aliphatic carbocycles. The molecule has 2 aromatic heterocycles. The van der Waals surface area contributed by atoms with E-state index in [0.717, 1.165) is 26.4 Å². The molecule has 0 fully saturated rings. The van der Waals surface area contributed by atoms with Crippen LogP contribution in [0.4, 0.5) is 0 Å². The Hall–Kier alpha value is -2.14. The van der Waals surface area contributed by atoms with Gasteiger partial charge in [0.15, 0.2) is 0 Å². The van der Waals surface area contributed by atoms with Gasteiger partial charge in [-0.2, -0.15) is 0 Å². The van der Waals surface area contributed by atoms with E-state index in [1.165, 1.54) is 5.56 Å². The highest BCUT2D eigenvalue weighted by atomic mass is 35.5. The first-order valence-electron chi connectivity index (χ1n) is 8.43. The summed E-state index contributed by atoms with van der Waals surface area (Å²) in [5.74, 6) is 0. The van der Waals surface area contributed by atoms with Gasteiger partial charge in [-0.05, 0) is 37.1 Å². The first kappa shape index (κ1) is 18.2. The molecule has 2 heterocycles. The van der Waals surface area contributed by atoms with Gasteiger partial charge in [-0.3, -0.25) is 9.36 Å². The van der Waals surface area contributed by atoms with Gasteiger partial charge in [0.05, 0.1) is 28.3 Å². The monoisotopic (exact) mass is 414 g/mol. The van der Waals surface area contributed by atoms with Crippen molar-refractivity contribution < 1.29 is 0 Å². The summed E-state index contributed by atoms with van der Waals surface area (Å²) in [5, 5.41) is 1.64. The first-order valence-corrected chi connectivity index (χ1v) is 10.0. The van der Waals surface area contributed by atoms with Crippen molar-refractivity contribution in [2.45, 2.75) is 20.4 Å². The minimum Gasteiger partial charge on any atom is -0.294 e. The van der Waals surface area contributed by atoms with E-state index in [2.05, 4.69) is 29.2 Å². The summed E-state index contributed by atoms with van der Waals surface area (Å²) in [6.07, 6.45) is 1.60. The molecule has 0 saturated heterocycles. The van der Waals surface area contributed by atoms with E-state index in [-0.39, 0.29) is 5.56 Å². The van der Waals surface area contributed by atoms with Gasteiger partial charge in [0.1, 0.15) is 4.83 Å². The summed E-state index contributed by atoms with van der Waals surface area (Å²) in [6.45, 7) is 4.47. The quantitative estimate of drug-likeness (QED) is 0.405. The van der Waals surface area contributed by atoms with Crippen LogP contribution < -0.4 is 5.56 Å². The molecule has 0 atom stereocenters. The highest BCUT2D eigenvalue weighted by Crippen LogP contribution is 2.35. The zero-order chi connectivity index (χ0) is 19.1. The third-order valence-corrected chi connectivity index (χ3v) is 6.28. The molecule has 0 N–H and O–H groups in total. The number of hydrogen-bond acceptors (Lipinski definition) is 3. The first-order chi connectivity index (χ1) is 12.9. The molecule has 0 radical (unpaired) electrons. The summed E-state index contributed by atoms with van der Waals surface area (Å²) in [4.78, 5) is 19.6. The van der Waals surface area contributed by atoms with Crippen LogP contribution in [0.5, 0.6) is 0 Å². The number of rotatable bonds is 3. The lowest BCUT2D eigenvalue weighted by Gasteiger charge is -2.08. The maximum absolute atomic E-state index is 13.2. The van der Waals surface area contributed by atoms with Gasteiger partial charge in [-0.15, -0.1) is 11.3 Å². The van der Waals surface area contributed by atoms with Crippen LogP contribution >= 0.6 is 34.5 Å². The van der Waals surface area contributed by atoms with E-state index < -0.39 is 0 Å². The number of benzene rings is 2. The van der Waals surface area contributed by atoms with Gasteiger partial charge in [-0.1, -0.05) is 59.1 Å². The number of thiophene rings is 1. The SMILES string of the molecule is Cc1ccc(-c2c(C)sc3ncn(Cc4ccc(Cl)c(Cl)c4)c(=O)c23)cc1. The van der Waals surface area contributed by atoms with E-state index in [4.69, 9.17) is 23.2 Å². The standard InChI is InChI=1S/C21H16Cl2N2OS/c1-12-3-6-15(7-4-12)18-13(2)27-20-19(18)21(26)25(11-24-20)10-14-5-8-16(22)17(23)9-14/h3-9,11H,10H2,1-2H3. The smallest absolute Gasteiger partial charge is 0.263 e. The third-order valence-electron chi connectivity index (χ3n) is 4.53. The number of fused-ring (bicyclic) bond motifs is 1. The number of hydrogen-bond donors (Lipinski definition) is 0. The molecule has 2 aromatic carbocycles. The Morgan fingerprint density at radius 1 is 1.04 bits per heavy atom. The van der Waals surface area contributed by atoms with E-state index in [9.17, 15) is 4.79 Å². The summed E-state index contributed by atoms with van der Waals surface area (Å²) in [5.41, 5.74) is 4.04. The lowest BCUT2D eigenvalue weighted by molar-refractivity contribution is 0.749. The van der Waals surface area contributed by atoms with Crippen LogP contribution in [0.25, 0.3) is 21.3 Å². The number of aromatic nitrogens is 2. The molecule has 0 bridgehead atoms. The fourth-order valence-electron chi connectivity index (χ4n) is 3.15. The molecule has 0 aliphatic rings. The van der Waals surface area contributed by atoms with Crippen molar-refractivity contribution in [3.63, 3.8) is 0 Å². The Bertz CT molecular complexity index is 1210. The topological polar surface area (TPSA) is 34.9 Å². The van der Waals surface area contributed by atoms with Crippen LogP contribution in [0, 0.1) is 13.8 Å². The maximum atomic E-state index is 13.2. The fraction of sp³-hybridized carbons (Fsp3) is 0.143. The zero-order valence-electron chi connectivity index (χ0n) is 14.8. The largest absolute Gasteiger partial charge is 0.294 e. The van der Waals surface area contributed by atoms with Crippen molar-refractivity contribution in [1.82, 2.24) is 9.55 Å². The van der Waals surface area contributed by atoms with Crippen LogP contribution in [0.1, 0.15) is 16.0 Å². The van der Waals surface area contributed by atoms with Gasteiger partial charge in [0.2, 0.25) is 0 Å². The predicted molar refractivity (Wildman–Crippen MR) is 114 cm³/mol. The lowest BCUT2D eigenvalue weighted by Crippen LogP contribution is -2.21. The number of halogens is 2. The Morgan fingerprint density at radius 2 is 1.78 bits per heavy atom. The Labute approximate surface area is 170 Å². The molecule has 4 rings (SSSR count).